The first-order valence-electron chi connectivity index (χ1n) is 7.69. The number of amides is 1. The van der Waals surface area contributed by atoms with E-state index >= 15 is 0 Å². The van der Waals surface area contributed by atoms with Gasteiger partial charge in [-0.3, -0.25) is 14.4 Å². The van der Waals surface area contributed by atoms with Crippen molar-refractivity contribution in [3.8, 4) is 0 Å². The first-order chi connectivity index (χ1) is 11.8. The van der Waals surface area contributed by atoms with Crippen molar-refractivity contribution in [3.63, 3.8) is 0 Å². The number of pyridine rings is 1. The summed E-state index contributed by atoms with van der Waals surface area (Å²) in [4.78, 5) is 36.9. The van der Waals surface area contributed by atoms with Crippen LogP contribution in [0.15, 0.2) is 23.3 Å². The molecule has 1 N–H and O–H groups in total. The van der Waals surface area contributed by atoms with Crippen LogP contribution in [0.2, 0.25) is 0 Å². The van der Waals surface area contributed by atoms with Crippen molar-refractivity contribution in [2.75, 3.05) is 6.61 Å². The van der Waals surface area contributed by atoms with Crippen molar-refractivity contribution in [3.05, 3.63) is 29.4 Å². The standard InChI is InChI=1S/C16H20N2O7/c1-9(19)17-16-5-4-12(7-18(16)22)13-6-14(24-11(3)21)15(25-13)8-23-10(2)20/h4-5,7,13-15,22H,6,8H2,1-3H3/t13-,14+,15-/m1/s1. The second-order valence-electron chi connectivity index (χ2n) is 5.65. The largest absolute Gasteiger partial charge is 0.463 e. The van der Waals surface area contributed by atoms with Crippen molar-refractivity contribution in [1.29, 1.82) is 0 Å². The van der Waals surface area contributed by atoms with E-state index in [9.17, 15) is 19.6 Å². The summed E-state index contributed by atoms with van der Waals surface area (Å²) in [6, 6.07) is 3.12. The molecule has 0 aromatic carbocycles. The van der Waals surface area contributed by atoms with Gasteiger partial charge in [-0.15, -0.1) is 0 Å². The SMILES string of the molecule is CC(=O)N=c1ccc([C@H]2C[C@H](OC(C)=O)[C@@H](COC(C)=O)O2)cn1O. The smallest absolute Gasteiger partial charge is 0.302 e. The zero-order chi connectivity index (χ0) is 18.6. The molecule has 0 radical (unpaired) electrons. The Labute approximate surface area is 143 Å². The van der Waals surface area contributed by atoms with E-state index in [1.165, 1.54) is 33.0 Å². The van der Waals surface area contributed by atoms with Crippen LogP contribution < -0.4 is 5.49 Å². The number of esters is 2. The molecule has 1 aliphatic heterocycles. The van der Waals surface area contributed by atoms with Gasteiger partial charge in [0, 0.05) is 32.8 Å². The molecule has 1 aromatic heterocycles. The van der Waals surface area contributed by atoms with E-state index in [0.29, 0.717) is 12.0 Å². The predicted molar refractivity (Wildman–Crippen MR) is 82.3 cm³/mol. The normalized spacial score (nSPS) is 23.3. The molecule has 0 spiro atoms. The molecule has 0 saturated carbocycles. The van der Waals surface area contributed by atoms with Crippen LogP contribution >= 0.6 is 0 Å². The second-order valence-corrected chi connectivity index (χ2v) is 5.65. The molecule has 2 rings (SSSR count). The van der Waals surface area contributed by atoms with Gasteiger partial charge in [-0.05, 0) is 6.07 Å². The number of ether oxygens (including phenoxy) is 3. The summed E-state index contributed by atoms with van der Waals surface area (Å²) >= 11 is 0. The van der Waals surface area contributed by atoms with Gasteiger partial charge >= 0.3 is 11.9 Å². The molecule has 9 nitrogen and oxygen atoms in total. The monoisotopic (exact) mass is 352 g/mol. The molecule has 0 unspecified atom stereocenters. The van der Waals surface area contributed by atoms with Gasteiger partial charge < -0.3 is 19.4 Å². The highest BCUT2D eigenvalue weighted by molar-refractivity contribution is 5.73. The van der Waals surface area contributed by atoms with Crippen LogP contribution in [-0.4, -0.2) is 46.6 Å². The molecule has 1 aliphatic rings. The van der Waals surface area contributed by atoms with Crippen LogP contribution in [0.25, 0.3) is 0 Å². The molecule has 0 bridgehead atoms. The van der Waals surface area contributed by atoms with E-state index in [1.807, 2.05) is 0 Å². The Morgan fingerprint density at radius 1 is 1.28 bits per heavy atom. The highest BCUT2D eigenvalue weighted by atomic mass is 16.6. The molecule has 2 heterocycles. The molecular weight excluding hydrogens is 332 g/mol. The summed E-state index contributed by atoms with van der Waals surface area (Å²) < 4.78 is 16.7. The van der Waals surface area contributed by atoms with Crippen molar-refractivity contribution in [2.24, 2.45) is 4.99 Å². The van der Waals surface area contributed by atoms with Crippen LogP contribution in [-0.2, 0) is 28.6 Å². The molecule has 1 aromatic rings. The van der Waals surface area contributed by atoms with Gasteiger partial charge in [-0.2, -0.15) is 9.72 Å². The number of rotatable bonds is 4. The fourth-order valence-corrected chi connectivity index (χ4v) is 2.55. The van der Waals surface area contributed by atoms with Crippen molar-refractivity contribution in [2.45, 2.75) is 45.5 Å². The second kappa shape index (κ2) is 7.93. The number of carbonyl (C=O) groups excluding carboxylic acids is 3. The number of aromatic nitrogens is 1. The summed E-state index contributed by atoms with van der Waals surface area (Å²) in [5, 5.41) is 9.91. The lowest BCUT2D eigenvalue weighted by molar-refractivity contribution is -0.154. The highest BCUT2D eigenvalue weighted by Gasteiger charge is 2.39. The quantitative estimate of drug-likeness (QED) is 0.619. The van der Waals surface area contributed by atoms with E-state index in [1.54, 1.807) is 6.07 Å². The zero-order valence-electron chi connectivity index (χ0n) is 14.2. The van der Waals surface area contributed by atoms with Gasteiger partial charge in [0.1, 0.15) is 18.8 Å². The highest BCUT2D eigenvalue weighted by Crippen LogP contribution is 2.34. The lowest BCUT2D eigenvalue weighted by Crippen LogP contribution is -2.31. The lowest BCUT2D eigenvalue weighted by atomic mass is 10.1. The fraction of sp³-hybridized carbons (Fsp3) is 0.500. The van der Waals surface area contributed by atoms with Gasteiger partial charge in [0.15, 0.2) is 5.49 Å². The third-order valence-corrected chi connectivity index (χ3v) is 3.54. The molecule has 0 aliphatic carbocycles. The van der Waals surface area contributed by atoms with E-state index < -0.39 is 36.2 Å². The van der Waals surface area contributed by atoms with Crippen LogP contribution in [0.4, 0.5) is 0 Å². The maximum Gasteiger partial charge on any atom is 0.302 e. The van der Waals surface area contributed by atoms with E-state index in [2.05, 4.69) is 4.99 Å². The molecular formula is C16H20N2O7. The minimum Gasteiger partial charge on any atom is -0.463 e. The van der Waals surface area contributed by atoms with Crippen molar-refractivity contribution >= 4 is 17.8 Å². The molecule has 1 fully saturated rings. The maximum atomic E-state index is 11.3. The molecule has 9 heteroatoms. The minimum atomic E-state index is -0.605. The number of carbonyl (C=O) groups is 3. The maximum absolute atomic E-state index is 11.3. The van der Waals surface area contributed by atoms with Crippen LogP contribution in [0, 0.1) is 0 Å². The third-order valence-electron chi connectivity index (χ3n) is 3.54. The number of hydrogen-bond donors (Lipinski definition) is 1. The first kappa shape index (κ1) is 18.7. The lowest BCUT2D eigenvalue weighted by Gasteiger charge is -2.17. The summed E-state index contributed by atoms with van der Waals surface area (Å²) in [7, 11) is 0. The Morgan fingerprint density at radius 2 is 2.00 bits per heavy atom. The van der Waals surface area contributed by atoms with Gasteiger partial charge in [0.05, 0.1) is 12.3 Å². The van der Waals surface area contributed by atoms with Crippen molar-refractivity contribution < 1.29 is 33.8 Å². The van der Waals surface area contributed by atoms with Crippen LogP contribution in [0.3, 0.4) is 0 Å². The number of nitrogens with zero attached hydrogens (tertiary/aromatic N) is 2. The van der Waals surface area contributed by atoms with Gasteiger partial charge in [-0.25, -0.2) is 0 Å². The zero-order valence-corrected chi connectivity index (χ0v) is 14.2. The predicted octanol–water partition coefficient (Wildman–Crippen LogP) is 0.497. The van der Waals surface area contributed by atoms with Crippen LogP contribution in [0.5, 0.6) is 0 Å². The molecule has 136 valence electrons. The Balaban J connectivity index is 2.19. The molecule has 1 amide bonds. The average Bonchev–Trinajstić information content (AvgIpc) is 2.89. The van der Waals surface area contributed by atoms with Crippen molar-refractivity contribution in [1.82, 2.24) is 4.73 Å². The van der Waals surface area contributed by atoms with E-state index in [4.69, 9.17) is 14.2 Å². The summed E-state index contributed by atoms with van der Waals surface area (Å²) in [6.07, 6.45) is 0.0528. The summed E-state index contributed by atoms with van der Waals surface area (Å²) in [6.45, 7) is 3.80. The first-order valence-corrected chi connectivity index (χ1v) is 7.69. The summed E-state index contributed by atoms with van der Waals surface area (Å²) in [5.41, 5.74) is 0.690. The van der Waals surface area contributed by atoms with Gasteiger partial charge in [0.2, 0.25) is 5.91 Å². The van der Waals surface area contributed by atoms with Crippen LogP contribution in [0.1, 0.15) is 38.9 Å². The Bertz CT molecular complexity index is 740. The minimum absolute atomic E-state index is 0.0410. The average molecular weight is 352 g/mol. The molecule has 3 atom stereocenters. The Kier molecular flexibility index (Phi) is 5.92. The summed E-state index contributed by atoms with van der Waals surface area (Å²) in [5.74, 6) is -1.36. The number of hydrogen-bond acceptors (Lipinski definition) is 7. The Morgan fingerprint density at radius 3 is 2.56 bits per heavy atom. The van der Waals surface area contributed by atoms with E-state index in [-0.39, 0.29) is 12.1 Å². The molecule has 25 heavy (non-hydrogen) atoms. The fourth-order valence-electron chi connectivity index (χ4n) is 2.55. The van der Waals surface area contributed by atoms with E-state index in [0.717, 1.165) is 4.73 Å². The van der Waals surface area contributed by atoms with Gasteiger partial charge in [-0.1, -0.05) is 6.07 Å². The Hall–Kier alpha value is -2.68. The third kappa shape index (κ3) is 5.15. The van der Waals surface area contributed by atoms with Gasteiger partial charge in [0.25, 0.3) is 0 Å². The topological polar surface area (TPSA) is 116 Å². The molecule has 1 saturated heterocycles.